The van der Waals surface area contributed by atoms with E-state index in [1.54, 1.807) is 0 Å². The molecule has 1 N–H and O–H groups in total. The van der Waals surface area contributed by atoms with Gasteiger partial charge in [-0.1, -0.05) is 6.58 Å². The fourth-order valence-electron chi connectivity index (χ4n) is 0.156. The highest BCUT2D eigenvalue weighted by molar-refractivity contribution is 6.17. The molecule has 2 nitrogen and oxygen atoms in total. The summed E-state index contributed by atoms with van der Waals surface area (Å²) in [7, 11) is 0. The molecular formula is C4H8ClNO. The molecule has 0 aromatic carbocycles. The van der Waals surface area contributed by atoms with Crippen LogP contribution in [0.1, 0.15) is 0 Å². The minimum Gasteiger partial charge on any atom is -0.275 e. The second-order valence-corrected chi connectivity index (χ2v) is 1.24. The maximum Gasteiger partial charge on any atom is 0.0881 e. The predicted molar refractivity (Wildman–Crippen MR) is 30.0 cm³/mol. The minimum atomic E-state index is 0.501. The summed E-state index contributed by atoms with van der Waals surface area (Å²) < 4.78 is 0. The molecular weight excluding hydrogens is 114 g/mol. The third-order valence-electron chi connectivity index (χ3n) is 0.346. The largest absolute Gasteiger partial charge is 0.275 e. The molecule has 0 aromatic rings. The molecule has 0 aliphatic rings. The normalized spacial score (nSPS) is 8.14. The zero-order chi connectivity index (χ0) is 5.54. The number of halogens is 1. The van der Waals surface area contributed by atoms with E-state index in [9.17, 15) is 0 Å². The highest BCUT2D eigenvalue weighted by Gasteiger charge is 1.75. The summed E-state index contributed by atoms with van der Waals surface area (Å²) in [6, 6.07) is 0. The Hall–Kier alpha value is -0.210. The maximum atomic E-state index is 5.24. The molecule has 0 unspecified atom stereocenters. The monoisotopic (exact) mass is 121 g/mol. The zero-order valence-electron chi connectivity index (χ0n) is 3.98. The molecule has 0 rings (SSSR count). The Kier molecular flexibility index (Phi) is 5.62. The molecule has 0 aromatic heterocycles. The van der Waals surface area contributed by atoms with Crippen LogP contribution in [-0.2, 0) is 4.84 Å². The van der Waals surface area contributed by atoms with Gasteiger partial charge in [-0.15, -0.1) is 11.6 Å². The number of rotatable bonds is 4. The second kappa shape index (κ2) is 5.79. The van der Waals surface area contributed by atoms with Crippen molar-refractivity contribution in [1.29, 1.82) is 0 Å². The molecule has 0 saturated heterocycles. The van der Waals surface area contributed by atoms with E-state index in [4.69, 9.17) is 11.6 Å². The fourth-order valence-corrected chi connectivity index (χ4v) is 0.234. The molecule has 0 heterocycles. The molecule has 0 fully saturated rings. The lowest BCUT2D eigenvalue weighted by atomic mass is 10.9. The molecule has 3 heteroatoms. The van der Waals surface area contributed by atoms with Crippen molar-refractivity contribution in [2.24, 2.45) is 0 Å². The lowest BCUT2D eigenvalue weighted by molar-refractivity contribution is 0.0844. The van der Waals surface area contributed by atoms with Crippen molar-refractivity contribution in [1.82, 2.24) is 5.48 Å². The summed E-state index contributed by atoms with van der Waals surface area (Å²) in [6.45, 7) is 3.86. The van der Waals surface area contributed by atoms with Gasteiger partial charge in [-0.2, -0.15) is 0 Å². The Labute approximate surface area is 48.1 Å². The Morgan fingerprint density at radius 2 is 2.57 bits per heavy atom. The molecule has 0 radical (unpaired) electrons. The Morgan fingerprint density at radius 3 is 3.00 bits per heavy atom. The van der Waals surface area contributed by atoms with Gasteiger partial charge in [0.25, 0.3) is 0 Å². The van der Waals surface area contributed by atoms with Gasteiger partial charge in [0.15, 0.2) is 0 Å². The van der Waals surface area contributed by atoms with E-state index in [2.05, 4.69) is 16.9 Å². The summed E-state index contributed by atoms with van der Waals surface area (Å²) in [5.41, 5.74) is 2.43. The Bertz CT molecular complexity index is 49.0. The highest BCUT2D eigenvalue weighted by Crippen LogP contribution is 1.72. The van der Waals surface area contributed by atoms with Gasteiger partial charge in [0.2, 0.25) is 0 Å². The molecule has 0 aliphatic heterocycles. The van der Waals surface area contributed by atoms with E-state index in [-0.39, 0.29) is 0 Å². The lowest BCUT2D eigenvalue weighted by Gasteiger charge is -1.95. The van der Waals surface area contributed by atoms with Crippen LogP contribution in [0.5, 0.6) is 0 Å². The van der Waals surface area contributed by atoms with Gasteiger partial charge in [0.05, 0.1) is 6.61 Å². The average Bonchev–Trinajstić information content (AvgIpc) is 1.69. The van der Waals surface area contributed by atoms with E-state index >= 15 is 0 Å². The molecule has 0 aliphatic carbocycles. The molecule has 0 spiro atoms. The van der Waals surface area contributed by atoms with Crippen molar-refractivity contribution in [3.8, 4) is 0 Å². The quantitative estimate of drug-likeness (QED) is 0.339. The predicted octanol–water partition coefficient (Wildman–Crippen LogP) is 0.890. The van der Waals surface area contributed by atoms with Crippen LogP contribution in [0.3, 0.4) is 0 Å². The number of hydrogen-bond acceptors (Lipinski definition) is 2. The molecule has 42 valence electrons. The van der Waals surface area contributed by atoms with Crippen molar-refractivity contribution in [3.05, 3.63) is 12.8 Å². The molecule has 0 saturated carbocycles. The van der Waals surface area contributed by atoms with Gasteiger partial charge < -0.3 is 0 Å². The number of hydrogen-bond donors (Lipinski definition) is 1. The Balaban J connectivity index is 2.56. The van der Waals surface area contributed by atoms with E-state index in [0.29, 0.717) is 12.5 Å². The number of hydroxylamine groups is 1. The average molecular weight is 122 g/mol. The molecule has 0 atom stereocenters. The maximum absolute atomic E-state index is 5.24. The summed E-state index contributed by atoms with van der Waals surface area (Å²) in [4.78, 5) is 4.63. The van der Waals surface area contributed by atoms with Crippen LogP contribution in [0.25, 0.3) is 0 Å². The van der Waals surface area contributed by atoms with E-state index in [1.165, 1.54) is 6.20 Å². The van der Waals surface area contributed by atoms with E-state index < -0.39 is 0 Å². The van der Waals surface area contributed by atoms with Gasteiger partial charge in [0, 0.05) is 12.1 Å². The summed E-state index contributed by atoms with van der Waals surface area (Å²) in [5, 5.41) is 0. The van der Waals surface area contributed by atoms with Crippen LogP contribution in [0, 0.1) is 0 Å². The first kappa shape index (κ1) is 6.79. The third-order valence-corrected chi connectivity index (χ3v) is 0.500. The molecule has 0 bridgehead atoms. The Morgan fingerprint density at radius 1 is 1.86 bits per heavy atom. The second-order valence-electron chi connectivity index (χ2n) is 0.859. The standard InChI is InChI=1S/C4H8ClNO/c1-2-6-7-4-3-5/h2,6H,1,3-4H2. The summed E-state index contributed by atoms with van der Waals surface area (Å²) in [6.07, 6.45) is 1.45. The van der Waals surface area contributed by atoms with Crippen molar-refractivity contribution in [2.75, 3.05) is 12.5 Å². The van der Waals surface area contributed by atoms with Crippen molar-refractivity contribution < 1.29 is 4.84 Å². The lowest BCUT2D eigenvalue weighted by Crippen LogP contribution is -2.07. The zero-order valence-corrected chi connectivity index (χ0v) is 4.74. The summed E-state index contributed by atoms with van der Waals surface area (Å²) >= 11 is 5.24. The molecule has 0 amide bonds. The van der Waals surface area contributed by atoms with Crippen LogP contribution in [0.15, 0.2) is 12.8 Å². The van der Waals surface area contributed by atoms with Crippen molar-refractivity contribution >= 4 is 11.6 Å². The van der Waals surface area contributed by atoms with Gasteiger partial charge in [-0.25, -0.2) is 0 Å². The SMILES string of the molecule is C=CNOCCCl. The van der Waals surface area contributed by atoms with Crippen molar-refractivity contribution in [2.45, 2.75) is 0 Å². The van der Waals surface area contributed by atoms with Crippen LogP contribution >= 0.6 is 11.6 Å². The third kappa shape index (κ3) is 5.79. The first-order valence-electron chi connectivity index (χ1n) is 1.96. The van der Waals surface area contributed by atoms with Crippen LogP contribution in [0.4, 0.5) is 0 Å². The molecule has 7 heavy (non-hydrogen) atoms. The van der Waals surface area contributed by atoms with Crippen LogP contribution in [0.2, 0.25) is 0 Å². The van der Waals surface area contributed by atoms with Crippen LogP contribution in [-0.4, -0.2) is 12.5 Å². The van der Waals surface area contributed by atoms with Crippen molar-refractivity contribution in [3.63, 3.8) is 0 Å². The van der Waals surface area contributed by atoms with Crippen LogP contribution < -0.4 is 5.48 Å². The van der Waals surface area contributed by atoms with Gasteiger partial charge in [-0.05, 0) is 0 Å². The van der Waals surface area contributed by atoms with Gasteiger partial charge in [-0.3, -0.25) is 10.3 Å². The topological polar surface area (TPSA) is 21.3 Å². The van der Waals surface area contributed by atoms with E-state index in [0.717, 1.165) is 0 Å². The van der Waals surface area contributed by atoms with Gasteiger partial charge in [0.1, 0.15) is 0 Å². The smallest absolute Gasteiger partial charge is 0.0881 e. The first-order valence-corrected chi connectivity index (χ1v) is 2.49. The first-order chi connectivity index (χ1) is 3.41. The van der Waals surface area contributed by atoms with Gasteiger partial charge >= 0.3 is 0 Å². The van der Waals surface area contributed by atoms with E-state index in [1.807, 2.05) is 0 Å². The number of alkyl halides is 1. The highest BCUT2D eigenvalue weighted by atomic mass is 35.5. The number of nitrogens with one attached hydrogen (secondary N) is 1. The minimum absolute atomic E-state index is 0.501. The fraction of sp³-hybridized carbons (Fsp3) is 0.500. The summed E-state index contributed by atoms with van der Waals surface area (Å²) in [5.74, 6) is 0.501.